The summed E-state index contributed by atoms with van der Waals surface area (Å²) in [4.78, 5) is 41.8. The third kappa shape index (κ3) is 6.12. The molecule has 0 spiro atoms. The number of halogens is 3. The molecule has 0 aliphatic heterocycles. The van der Waals surface area contributed by atoms with Crippen molar-refractivity contribution in [2.45, 2.75) is 29.9 Å². The van der Waals surface area contributed by atoms with Crippen molar-refractivity contribution in [2.75, 3.05) is 12.4 Å². The summed E-state index contributed by atoms with van der Waals surface area (Å²) < 4.78 is 42.8. The summed E-state index contributed by atoms with van der Waals surface area (Å²) in [6.45, 7) is 1.50. The van der Waals surface area contributed by atoms with Gasteiger partial charge < -0.3 is 15.0 Å². The number of hydrogen-bond donors (Lipinski definition) is 2. The van der Waals surface area contributed by atoms with E-state index in [0.29, 0.717) is 0 Å². The lowest BCUT2D eigenvalue weighted by atomic mass is 10.2. The number of carbonyl (C=O) groups excluding carboxylic acids is 2. The standard InChI is InChI=1S/C17H16F3N3O4S/c1-9(15(26)21-11-5-3-4-10(6-11)17(18,19)20)28-16-22-12(7-13(24)23-16)8-14(25)27-2/h3-7,9H,8H2,1-2H3,(H,21,26)(H,22,23,24)/t9-/m0/s1. The number of aromatic nitrogens is 2. The number of hydrogen-bond acceptors (Lipinski definition) is 6. The van der Waals surface area contributed by atoms with Crippen molar-refractivity contribution in [3.8, 4) is 0 Å². The van der Waals surface area contributed by atoms with Crippen molar-refractivity contribution in [3.63, 3.8) is 0 Å². The summed E-state index contributed by atoms with van der Waals surface area (Å²) in [5.41, 5.74) is -1.23. The summed E-state index contributed by atoms with van der Waals surface area (Å²) in [5.74, 6) is -1.16. The van der Waals surface area contributed by atoms with Gasteiger partial charge in [-0.1, -0.05) is 17.8 Å². The van der Waals surface area contributed by atoms with E-state index in [1.807, 2.05) is 0 Å². The fraction of sp³-hybridized carbons (Fsp3) is 0.294. The molecule has 1 amide bonds. The van der Waals surface area contributed by atoms with Crippen LogP contribution in [0.25, 0.3) is 0 Å². The Morgan fingerprint density at radius 1 is 1.32 bits per heavy atom. The molecule has 28 heavy (non-hydrogen) atoms. The maximum absolute atomic E-state index is 12.8. The van der Waals surface area contributed by atoms with Crippen LogP contribution < -0.4 is 10.9 Å². The van der Waals surface area contributed by atoms with E-state index in [0.717, 1.165) is 30.0 Å². The van der Waals surface area contributed by atoms with Gasteiger partial charge in [-0.3, -0.25) is 14.4 Å². The Hall–Kier alpha value is -2.82. The zero-order valence-electron chi connectivity index (χ0n) is 14.8. The molecule has 0 fully saturated rings. The van der Waals surface area contributed by atoms with Gasteiger partial charge in [0.2, 0.25) is 5.91 Å². The fourth-order valence-electron chi connectivity index (χ4n) is 2.09. The van der Waals surface area contributed by atoms with E-state index in [1.54, 1.807) is 0 Å². The van der Waals surface area contributed by atoms with Crippen LogP contribution in [0, 0.1) is 0 Å². The second kappa shape index (κ2) is 8.91. The molecule has 1 aromatic heterocycles. The number of H-pyrrole nitrogens is 1. The summed E-state index contributed by atoms with van der Waals surface area (Å²) in [6.07, 6.45) is -4.73. The van der Waals surface area contributed by atoms with Gasteiger partial charge in [-0.25, -0.2) is 4.98 Å². The minimum absolute atomic E-state index is 0.00632. The average Bonchev–Trinajstić information content (AvgIpc) is 2.60. The first-order valence-corrected chi connectivity index (χ1v) is 8.78. The second-order valence-electron chi connectivity index (χ2n) is 5.62. The van der Waals surface area contributed by atoms with Crippen LogP contribution in [0.3, 0.4) is 0 Å². The number of thioether (sulfide) groups is 1. The van der Waals surface area contributed by atoms with Crippen LogP contribution in [-0.4, -0.2) is 34.2 Å². The monoisotopic (exact) mass is 415 g/mol. The lowest BCUT2D eigenvalue weighted by molar-refractivity contribution is -0.140. The number of nitrogens with zero attached hydrogens (tertiary/aromatic N) is 1. The Bertz CT molecular complexity index is 930. The summed E-state index contributed by atoms with van der Waals surface area (Å²) in [7, 11) is 1.20. The van der Waals surface area contributed by atoms with Crippen molar-refractivity contribution >= 4 is 29.3 Å². The SMILES string of the molecule is COC(=O)Cc1cc(=O)[nH]c(S[C@@H](C)C(=O)Nc2cccc(C(F)(F)F)c2)n1. The number of ether oxygens (including phenoxy) is 1. The molecular formula is C17H16F3N3O4S. The average molecular weight is 415 g/mol. The number of nitrogens with one attached hydrogen (secondary N) is 2. The van der Waals surface area contributed by atoms with Crippen LogP contribution in [0.15, 0.2) is 40.3 Å². The van der Waals surface area contributed by atoms with Crippen LogP contribution in [0.5, 0.6) is 0 Å². The minimum Gasteiger partial charge on any atom is -0.469 e. The molecule has 0 saturated heterocycles. The van der Waals surface area contributed by atoms with Gasteiger partial charge in [-0.05, 0) is 25.1 Å². The minimum atomic E-state index is -4.52. The van der Waals surface area contributed by atoms with Gasteiger partial charge in [0.15, 0.2) is 5.16 Å². The van der Waals surface area contributed by atoms with Crippen LogP contribution in [0.1, 0.15) is 18.2 Å². The van der Waals surface area contributed by atoms with E-state index in [2.05, 4.69) is 20.0 Å². The quantitative estimate of drug-likeness (QED) is 0.427. The van der Waals surface area contributed by atoms with Crippen molar-refractivity contribution in [2.24, 2.45) is 0 Å². The van der Waals surface area contributed by atoms with Gasteiger partial charge >= 0.3 is 12.1 Å². The van der Waals surface area contributed by atoms with Crippen LogP contribution in [0.4, 0.5) is 18.9 Å². The van der Waals surface area contributed by atoms with Crippen molar-refractivity contribution in [1.82, 2.24) is 9.97 Å². The van der Waals surface area contributed by atoms with E-state index in [9.17, 15) is 27.6 Å². The molecule has 1 heterocycles. The first-order chi connectivity index (χ1) is 13.1. The van der Waals surface area contributed by atoms with E-state index >= 15 is 0 Å². The zero-order valence-corrected chi connectivity index (χ0v) is 15.6. The van der Waals surface area contributed by atoms with Crippen LogP contribution in [0.2, 0.25) is 0 Å². The van der Waals surface area contributed by atoms with Crippen LogP contribution >= 0.6 is 11.8 Å². The number of anilines is 1. The maximum Gasteiger partial charge on any atom is 0.416 e. The first kappa shape index (κ1) is 21.5. The lowest BCUT2D eigenvalue weighted by Gasteiger charge is -2.13. The van der Waals surface area contributed by atoms with E-state index in [-0.39, 0.29) is 23.0 Å². The molecule has 11 heteroatoms. The zero-order chi connectivity index (χ0) is 20.9. The van der Waals surface area contributed by atoms with Gasteiger partial charge in [0.05, 0.1) is 30.0 Å². The van der Waals surface area contributed by atoms with Crippen molar-refractivity contribution in [3.05, 3.63) is 51.9 Å². The smallest absolute Gasteiger partial charge is 0.416 e. The summed E-state index contributed by atoms with van der Waals surface area (Å²) in [6, 6.07) is 5.38. The van der Waals surface area contributed by atoms with Gasteiger partial charge in [-0.15, -0.1) is 0 Å². The number of methoxy groups -OCH3 is 1. The molecule has 0 aliphatic rings. The molecule has 7 nitrogen and oxygen atoms in total. The molecule has 1 atom stereocenters. The highest BCUT2D eigenvalue weighted by atomic mass is 32.2. The highest BCUT2D eigenvalue weighted by Crippen LogP contribution is 2.31. The van der Waals surface area contributed by atoms with E-state index in [4.69, 9.17) is 0 Å². The largest absolute Gasteiger partial charge is 0.469 e. The lowest BCUT2D eigenvalue weighted by Crippen LogP contribution is -2.23. The number of aromatic amines is 1. The number of rotatable bonds is 6. The predicted octanol–water partition coefficient (Wildman–Crippen LogP) is 2.62. The highest BCUT2D eigenvalue weighted by Gasteiger charge is 2.30. The molecular weight excluding hydrogens is 399 g/mol. The molecule has 2 aromatic rings. The Morgan fingerprint density at radius 3 is 2.68 bits per heavy atom. The molecule has 0 aliphatic carbocycles. The molecule has 2 rings (SSSR count). The first-order valence-electron chi connectivity index (χ1n) is 7.90. The highest BCUT2D eigenvalue weighted by molar-refractivity contribution is 8.00. The summed E-state index contributed by atoms with van der Waals surface area (Å²) in [5, 5.41) is 1.70. The molecule has 0 unspecified atom stereocenters. The number of esters is 1. The molecule has 0 bridgehead atoms. The number of carbonyl (C=O) groups is 2. The summed E-state index contributed by atoms with van der Waals surface area (Å²) >= 11 is 0.891. The Morgan fingerprint density at radius 2 is 2.04 bits per heavy atom. The Balaban J connectivity index is 2.08. The van der Waals surface area contributed by atoms with E-state index < -0.39 is 34.4 Å². The molecule has 0 saturated carbocycles. The third-order valence-corrected chi connectivity index (χ3v) is 4.43. The normalized spacial score (nSPS) is 12.3. The fourth-order valence-corrected chi connectivity index (χ4v) is 2.92. The van der Waals surface area contributed by atoms with E-state index in [1.165, 1.54) is 26.2 Å². The number of amides is 1. The van der Waals surface area contributed by atoms with Gasteiger partial charge in [0.1, 0.15) is 0 Å². The number of benzene rings is 1. The molecule has 1 aromatic carbocycles. The third-order valence-electron chi connectivity index (χ3n) is 3.44. The second-order valence-corrected chi connectivity index (χ2v) is 6.95. The van der Waals surface area contributed by atoms with Gasteiger partial charge in [0.25, 0.3) is 5.56 Å². The van der Waals surface area contributed by atoms with Crippen molar-refractivity contribution < 1.29 is 27.5 Å². The molecule has 2 N–H and O–H groups in total. The maximum atomic E-state index is 12.8. The predicted molar refractivity (Wildman–Crippen MR) is 96.0 cm³/mol. The van der Waals surface area contributed by atoms with Gasteiger partial charge in [-0.2, -0.15) is 13.2 Å². The topological polar surface area (TPSA) is 101 Å². The Labute approximate surface area is 161 Å². The van der Waals surface area contributed by atoms with Crippen molar-refractivity contribution in [1.29, 1.82) is 0 Å². The molecule has 150 valence electrons. The molecule has 0 radical (unpaired) electrons. The number of alkyl halides is 3. The Kier molecular flexibility index (Phi) is 6.84. The van der Waals surface area contributed by atoms with Gasteiger partial charge in [0, 0.05) is 11.8 Å². The van der Waals surface area contributed by atoms with Crippen LogP contribution in [-0.2, 0) is 26.9 Å².